The second-order valence-electron chi connectivity index (χ2n) is 6.54. The van der Waals surface area contributed by atoms with Gasteiger partial charge in [0.05, 0.1) is 12.8 Å². The highest BCUT2D eigenvalue weighted by atomic mass is 19.1. The minimum absolute atomic E-state index is 0.0939. The van der Waals surface area contributed by atoms with Crippen LogP contribution < -0.4 is 10.6 Å². The number of hydrogen-bond acceptors (Lipinski definition) is 5. The van der Waals surface area contributed by atoms with Crippen LogP contribution in [0.2, 0.25) is 0 Å². The standard InChI is InChI=1S/C18H23FN6O3/c1-12-10-20-23-16(12)22-17(26)21-15-9-13(3-4-14(15)19)11-24-5-7-25(8-6-24)18(27)28-2/h3-4,9-10H,5-8,11H2,1-2H3,(H3,20,21,22,23,26). The average molecular weight is 390 g/mol. The number of urea groups is 1. The number of anilines is 2. The van der Waals surface area contributed by atoms with Crippen LogP contribution in [-0.4, -0.2) is 65.4 Å². The van der Waals surface area contributed by atoms with Crippen LogP contribution >= 0.6 is 0 Å². The Bertz CT molecular complexity index is 848. The molecule has 0 spiro atoms. The fraction of sp³-hybridized carbons (Fsp3) is 0.389. The number of carbonyl (C=O) groups excluding carboxylic acids is 2. The number of ether oxygens (including phenoxy) is 1. The lowest BCUT2D eigenvalue weighted by atomic mass is 10.1. The number of piperazine rings is 1. The van der Waals surface area contributed by atoms with E-state index in [4.69, 9.17) is 4.74 Å². The Morgan fingerprint density at radius 1 is 1.25 bits per heavy atom. The van der Waals surface area contributed by atoms with Crippen molar-refractivity contribution in [2.75, 3.05) is 43.9 Å². The zero-order chi connectivity index (χ0) is 20.1. The Morgan fingerprint density at radius 3 is 2.64 bits per heavy atom. The van der Waals surface area contributed by atoms with Crippen molar-refractivity contribution in [1.82, 2.24) is 20.0 Å². The smallest absolute Gasteiger partial charge is 0.409 e. The molecule has 3 N–H and O–H groups in total. The second kappa shape index (κ2) is 8.70. The monoisotopic (exact) mass is 390 g/mol. The van der Waals surface area contributed by atoms with Gasteiger partial charge in [-0.05, 0) is 24.6 Å². The van der Waals surface area contributed by atoms with Crippen molar-refractivity contribution >= 4 is 23.6 Å². The molecule has 0 radical (unpaired) electrons. The average Bonchev–Trinajstić information content (AvgIpc) is 3.09. The Balaban J connectivity index is 1.58. The van der Waals surface area contributed by atoms with Crippen molar-refractivity contribution in [2.24, 2.45) is 0 Å². The van der Waals surface area contributed by atoms with Crippen LogP contribution in [0.5, 0.6) is 0 Å². The number of nitrogens with zero attached hydrogens (tertiary/aromatic N) is 3. The molecule has 1 aliphatic rings. The molecule has 0 aliphatic carbocycles. The van der Waals surface area contributed by atoms with Crippen LogP contribution in [0, 0.1) is 12.7 Å². The summed E-state index contributed by atoms with van der Waals surface area (Å²) in [5.41, 5.74) is 1.73. The molecule has 3 amide bonds. The highest BCUT2D eigenvalue weighted by Gasteiger charge is 2.21. The predicted octanol–water partition coefficient (Wildman–Crippen LogP) is 2.39. The number of halogens is 1. The summed E-state index contributed by atoms with van der Waals surface area (Å²) in [6, 6.07) is 4.05. The molecular formula is C18H23FN6O3. The van der Waals surface area contributed by atoms with E-state index in [9.17, 15) is 14.0 Å². The SMILES string of the molecule is COC(=O)N1CCN(Cc2ccc(F)c(NC(=O)Nc3n[nH]cc3C)c2)CC1. The van der Waals surface area contributed by atoms with E-state index in [0.717, 1.165) is 11.1 Å². The van der Waals surface area contributed by atoms with E-state index in [1.165, 1.54) is 13.2 Å². The van der Waals surface area contributed by atoms with Gasteiger partial charge in [0.15, 0.2) is 5.82 Å². The van der Waals surface area contributed by atoms with Gasteiger partial charge in [-0.3, -0.25) is 15.3 Å². The van der Waals surface area contributed by atoms with Gasteiger partial charge in [-0.25, -0.2) is 14.0 Å². The molecule has 28 heavy (non-hydrogen) atoms. The highest BCUT2D eigenvalue weighted by Crippen LogP contribution is 2.19. The van der Waals surface area contributed by atoms with Crippen molar-refractivity contribution in [3.05, 3.63) is 41.3 Å². The Hall–Kier alpha value is -3.14. The third kappa shape index (κ3) is 4.77. The molecule has 1 aliphatic heterocycles. The van der Waals surface area contributed by atoms with Gasteiger partial charge in [0.25, 0.3) is 0 Å². The van der Waals surface area contributed by atoms with Gasteiger partial charge in [0.2, 0.25) is 0 Å². The van der Waals surface area contributed by atoms with E-state index in [2.05, 4.69) is 25.7 Å². The van der Waals surface area contributed by atoms with Crippen LogP contribution in [0.25, 0.3) is 0 Å². The number of aromatic nitrogens is 2. The van der Waals surface area contributed by atoms with Crippen molar-refractivity contribution in [3.63, 3.8) is 0 Å². The maximum absolute atomic E-state index is 14.1. The van der Waals surface area contributed by atoms with Crippen LogP contribution in [-0.2, 0) is 11.3 Å². The van der Waals surface area contributed by atoms with Crippen LogP contribution in [0.1, 0.15) is 11.1 Å². The zero-order valence-electron chi connectivity index (χ0n) is 15.8. The van der Waals surface area contributed by atoms with E-state index in [1.807, 2.05) is 0 Å². The van der Waals surface area contributed by atoms with Crippen LogP contribution in [0.15, 0.2) is 24.4 Å². The van der Waals surface area contributed by atoms with E-state index in [0.29, 0.717) is 38.5 Å². The second-order valence-corrected chi connectivity index (χ2v) is 6.54. The topological polar surface area (TPSA) is 103 Å². The first-order chi connectivity index (χ1) is 13.5. The molecule has 0 bridgehead atoms. The molecule has 1 fully saturated rings. The van der Waals surface area contributed by atoms with Crippen molar-refractivity contribution < 1.29 is 18.7 Å². The number of aryl methyl sites for hydroxylation is 1. The Labute approximate surface area is 161 Å². The molecule has 2 heterocycles. The van der Waals surface area contributed by atoms with Crippen LogP contribution in [0.4, 0.5) is 25.5 Å². The molecule has 1 aromatic carbocycles. The lowest BCUT2D eigenvalue weighted by molar-refractivity contribution is 0.0889. The molecule has 0 atom stereocenters. The lowest BCUT2D eigenvalue weighted by Gasteiger charge is -2.33. The van der Waals surface area contributed by atoms with Gasteiger partial charge in [-0.2, -0.15) is 5.10 Å². The summed E-state index contributed by atoms with van der Waals surface area (Å²) < 4.78 is 18.8. The number of amides is 3. The largest absolute Gasteiger partial charge is 0.453 e. The summed E-state index contributed by atoms with van der Waals surface area (Å²) >= 11 is 0. The summed E-state index contributed by atoms with van der Waals surface area (Å²) in [5.74, 6) is -0.134. The Kier molecular flexibility index (Phi) is 6.09. The zero-order valence-corrected chi connectivity index (χ0v) is 15.8. The number of aromatic amines is 1. The third-order valence-electron chi connectivity index (χ3n) is 4.55. The maximum Gasteiger partial charge on any atom is 0.409 e. The van der Waals surface area contributed by atoms with Gasteiger partial charge >= 0.3 is 12.1 Å². The normalized spacial score (nSPS) is 14.6. The summed E-state index contributed by atoms with van der Waals surface area (Å²) in [7, 11) is 1.37. The van der Waals surface area contributed by atoms with E-state index in [1.54, 1.807) is 30.2 Å². The number of carbonyl (C=O) groups is 2. The molecule has 9 nitrogen and oxygen atoms in total. The lowest BCUT2D eigenvalue weighted by Crippen LogP contribution is -2.48. The van der Waals surface area contributed by atoms with Gasteiger partial charge in [-0.1, -0.05) is 6.07 Å². The number of nitrogens with one attached hydrogen (secondary N) is 3. The number of hydrogen-bond donors (Lipinski definition) is 3. The minimum atomic E-state index is -0.571. The number of methoxy groups -OCH3 is 1. The molecule has 0 unspecified atom stereocenters. The number of benzene rings is 1. The van der Waals surface area contributed by atoms with Crippen molar-refractivity contribution in [2.45, 2.75) is 13.5 Å². The third-order valence-corrected chi connectivity index (χ3v) is 4.55. The van der Waals surface area contributed by atoms with Gasteiger partial charge < -0.3 is 15.0 Å². The van der Waals surface area contributed by atoms with E-state index >= 15 is 0 Å². The summed E-state index contributed by atoms with van der Waals surface area (Å²) in [5, 5.41) is 11.6. The van der Waals surface area contributed by atoms with E-state index < -0.39 is 11.8 Å². The van der Waals surface area contributed by atoms with Gasteiger partial charge in [0, 0.05) is 44.5 Å². The van der Waals surface area contributed by atoms with Gasteiger partial charge in [0.1, 0.15) is 5.82 Å². The fourth-order valence-corrected chi connectivity index (χ4v) is 2.98. The Morgan fingerprint density at radius 2 is 2.00 bits per heavy atom. The van der Waals surface area contributed by atoms with E-state index in [-0.39, 0.29) is 11.8 Å². The molecule has 10 heteroatoms. The fourth-order valence-electron chi connectivity index (χ4n) is 2.98. The minimum Gasteiger partial charge on any atom is -0.453 e. The predicted molar refractivity (Wildman–Crippen MR) is 102 cm³/mol. The van der Waals surface area contributed by atoms with Crippen molar-refractivity contribution in [3.8, 4) is 0 Å². The summed E-state index contributed by atoms with van der Waals surface area (Å²) in [4.78, 5) is 27.5. The first-order valence-electron chi connectivity index (χ1n) is 8.88. The number of H-pyrrole nitrogens is 1. The molecule has 2 aromatic rings. The molecule has 150 valence electrons. The molecular weight excluding hydrogens is 367 g/mol. The maximum atomic E-state index is 14.1. The first kappa shape index (κ1) is 19.6. The quantitative estimate of drug-likeness (QED) is 0.744. The van der Waals surface area contributed by atoms with Crippen LogP contribution in [0.3, 0.4) is 0 Å². The molecule has 1 saturated heterocycles. The molecule has 0 saturated carbocycles. The first-order valence-corrected chi connectivity index (χ1v) is 8.88. The summed E-state index contributed by atoms with van der Waals surface area (Å²) in [6.07, 6.45) is 1.32. The van der Waals surface area contributed by atoms with Crippen molar-refractivity contribution in [1.29, 1.82) is 0 Å². The molecule has 1 aromatic heterocycles. The molecule has 3 rings (SSSR count). The number of rotatable bonds is 4. The highest BCUT2D eigenvalue weighted by molar-refractivity contribution is 5.99. The summed E-state index contributed by atoms with van der Waals surface area (Å²) in [6.45, 7) is 4.90. The van der Waals surface area contributed by atoms with Gasteiger partial charge in [-0.15, -0.1) is 0 Å².